The maximum atomic E-state index is 12.1. The number of ether oxygens (including phenoxy) is 1. The summed E-state index contributed by atoms with van der Waals surface area (Å²) >= 11 is 5.97. The third-order valence-corrected chi connectivity index (χ3v) is 3.79. The number of nitriles is 1. The van der Waals surface area contributed by atoms with Crippen molar-refractivity contribution in [2.75, 3.05) is 25.5 Å². The molecule has 0 radical (unpaired) electrons. The standard InChI is InChI=1S/C19H20ClN3O2/c1-3-25-17-8-4-14(5-9-17)12-23(2)13-19(24)22-16-7-6-15(11-21)18(20)10-16/h4-10H,3,12-13H2,1-2H3,(H,22,24). The van der Waals surface area contributed by atoms with Crippen LogP contribution >= 0.6 is 11.6 Å². The predicted molar refractivity (Wildman–Crippen MR) is 98.7 cm³/mol. The Morgan fingerprint density at radius 1 is 1.28 bits per heavy atom. The third kappa shape index (κ3) is 5.79. The zero-order valence-electron chi connectivity index (χ0n) is 14.3. The summed E-state index contributed by atoms with van der Waals surface area (Å²) in [6.45, 7) is 3.47. The molecule has 0 fully saturated rings. The first-order valence-corrected chi connectivity index (χ1v) is 8.29. The van der Waals surface area contributed by atoms with Crippen LogP contribution in [-0.2, 0) is 11.3 Å². The summed E-state index contributed by atoms with van der Waals surface area (Å²) in [4.78, 5) is 14.1. The van der Waals surface area contributed by atoms with Gasteiger partial charge in [0, 0.05) is 12.2 Å². The Bertz CT molecular complexity index is 769. The van der Waals surface area contributed by atoms with Crippen LogP contribution in [0.4, 0.5) is 5.69 Å². The molecule has 0 aliphatic carbocycles. The summed E-state index contributed by atoms with van der Waals surface area (Å²) in [5, 5.41) is 12.0. The van der Waals surface area contributed by atoms with Crippen LogP contribution in [0, 0.1) is 11.3 Å². The van der Waals surface area contributed by atoms with Crippen LogP contribution in [0.2, 0.25) is 5.02 Å². The van der Waals surface area contributed by atoms with Crippen molar-refractivity contribution in [1.29, 1.82) is 5.26 Å². The van der Waals surface area contributed by atoms with Crippen molar-refractivity contribution in [1.82, 2.24) is 4.90 Å². The Balaban J connectivity index is 1.87. The van der Waals surface area contributed by atoms with Crippen molar-refractivity contribution >= 4 is 23.2 Å². The minimum Gasteiger partial charge on any atom is -0.494 e. The number of benzene rings is 2. The highest BCUT2D eigenvalue weighted by molar-refractivity contribution is 6.32. The van der Waals surface area contributed by atoms with Gasteiger partial charge >= 0.3 is 0 Å². The van der Waals surface area contributed by atoms with E-state index < -0.39 is 0 Å². The van der Waals surface area contributed by atoms with Crippen LogP contribution in [0.3, 0.4) is 0 Å². The molecule has 2 aromatic rings. The molecule has 0 spiro atoms. The molecule has 0 atom stereocenters. The van der Waals surface area contributed by atoms with Crippen molar-refractivity contribution in [3.63, 3.8) is 0 Å². The van der Waals surface area contributed by atoms with E-state index in [0.29, 0.717) is 29.4 Å². The third-order valence-electron chi connectivity index (χ3n) is 3.47. The van der Waals surface area contributed by atoms with Gasteiger partial charge in [-0.1, -0.05) is 23.7 Å². The number of amides is 1. The lowest BCUT2D eigenvalue weighted by Crippen LogP contribution is -2.29. The van der Waals surface area contributed by atoms with E-state index in [9.17, 15) is 4.79 Å². The lowest BCUT2D eigenvalue weighted by atomic mass is 10.2. The summed E-state index contributed by atoms with van der Waals surface area (Å²) < 4.78 is 5.41. The highest BCUT2D eigenvalue weighted by Crippen LogP contribution is 2.20. The van der Waals surface area contributed by atoms with Gasteiger partial charge in [-0.15, -0.1) is 0 Å². The molecule has 2 aromatic carbocycles. The van der Waals surface area contributed by atoms with E-state index in [4.69, 9.17) is 21.6 Å². The quantitative estimate of drug-likeness (QED) is 0.820. The highest BCUT2D eigenvalue weighted by atomic mass is 35.5. The molecule has 0 saturated carbocycles. The van der Waals surface area contributed by atoms with Crippen LogP contribution in [0.25, 0.3) is 0 Å². The van der Waals surface area contributed by atoms with Crippen molar-refractivity contribution in [3.8, 4) is 11.8 Å². The second-order valence-electron chi connectivity index (χ2n) is 5.60. The van der Waals surface area contributed by atoms with Gasteiger partial charge in [-0.3, -0.25) is 9.69 Å². The molecular weight excluding hydrogens is 338 g/mol. The van der Waals surface area contributed by atoms with E-state index in [1.165, 1.54) is 0 Å². The fourth-order valence-electron chi connectivity index (χ4n) is 2.35. The largest absolute Gasteiger partial charge is 0.494 e. The normalized spacial score (nSPS) is 10.4. The number of nitrogens with one attached hydrogen (secondary N) is 1. The highest BCUT2D eigenvalue weighted by Gasteiger charge is 2.09. The number of rotatable bonds is 7. The number of anilines is 1. The number of halogens is 1. The molecule has 0 aliphatic rings. The van der Waals surface area contributed by atoms with Crippen molar-refractivity contribution in [3.05, 3.63) is 58.6 Å². The number of hydrogen-bond acceptors (Lipinski definition) is 4. The monoisotopic (exact) mass is 357 g/mol. The Morgan fingerprint density at radius 3 is 2.60 bits per heavy atom. The smallest absolute Gasteiger partial charge is 0.238 e. The second-order valence-corrected chi connectivity index (χ2v) is 6.01. The second kappa shape index (κ2) is 9.07. The van der Waals surface area contributed by atoms with E-state index >= 15 is 0 Å². The van der Waals surface area contributed by atoms with Crippen LogP contribution < -0.4 is 10.1 Å². The van der Waals surface area contributed by atoms with Gasteiger partial charge in [0.15, 0.2) is 0 Å². The minimum absolute atomic E-state index is 0.144. The summed E-state index contributed by atoms with van der Waals surface area (Å²) in [5.41, 5.74) is 2.05. The fraction of sp³-hybridized carbons (Fsp3) is 0.263. The molecule has 1 N–H and O–H groups in total. The van der Waals surface area contributed by atoms with Crippen LogP contribution in [0.5, 0.6) is 5.75 Å². The van der Waals surface area contributed by atoms with Crippen LogP contribution in [-0.4, -0.2) is 31.0 Å². The summed E-state index contributed by atoms with van der Waals surface area (Å²) in [6, 6.07) is 14.6. The molecule has 2 rings (SSSR count). The molecule has 5 nitrogen and oxygen atoms in total. The Labute approximate surface area is 152 Å². The SMILES string of the molecule is CCOc1ccc(CN(C)CC(=O)Nc2ccc(C#N)c(Cl)c2)cc1. The first-order valence-electron chi connectivity index (χ1n) is 7.91. The predicted octanol–water partition coefficient (Wildman–Crippen LogP) is 3.68. The molecule has 25 heavy (non-hydrogen) atoms. The number of carbonyl (C=O) groups excluding carboxylic acids is 1. The first-order chi connectivity index (χ1) is 12.0. The van der Waals surface area contributed by atoms with Gasteiger partial charge in [-0.25, -0.2) is 0 Å². The molecule has 130 valence electrons. The molecule has 6 heteroatoms. The summed E-state index contributed by atoms with van der Waals surface area (Å²) in [7, 11) is 1.88. The minimum atomic E-state index is -0.144. The molecule has 0 unspecified atom stereocenters. The Morgan fingerprint density at radius 2 is 2.00 bits per heavy atom. The van der Waals surface area contributed by atoms with Gasteiger partial charge in [-0.05, 0) is 49.9 Å². The average Bonchev–Trinajstić information content (AvgIpc) is 2.57. The molecule has 1 amide bonds. The molecule has 0 heterocycles. The van der Waals surface area contributed by atoms with E-state index in [1.54, 1.807) is 18.2 Å². The molecule has 0 bridgehead atoms. The van der Waals surface area contributed by atoms with Gasteiger partial charge in [0.2, 0.25) is 5.91 Å². The van der Waals surface area contributed by atoms with Gasteiger partial charge in [0.1, 0.15) is 11.8 Å². The van der Waals surface area contributed by atoms with Crippen molar-refractivity contribution in [2.45, 2.75) is 13.5 Å². The molecular formula is C19H20ClN3O2. The average molecular weight is 358 g/mol. The Kier molecular flexibility index (Phi) is 6.81. The molecule has 0 saturated heterocycles. The topological polar surface area (TPSA) is 65.4 Å². The summed E-state index contributed by atoms with van der Waals surface area (Å²) in [6.07, 6.45) is 0. The fourth-order valence-corrected chi connectivity index (χ4v) is 2.58. The molecule has 0 aliphatic heterocycles. The van der Waals surface area contributed by atoms with E-state index in [-0.39, 0.29) is 12.5 Å². The number of likely N-dealkylation sites (N-methyl/N-ethyl adjacent to an activating group) is 1. The molecule has 0 aromatic heterocycles. The van der Waals surface area contributed by atoms with Crippen molar-refractivity contribution < 1.29 is 9.53 Å². The lowest BCUT2D eigenvalue weighted by molar-refractivity contribution is -0.117. The number of nitrogens with zero attached hydrogens (tertiary/aromatic N) is 2. The van der Waals surface area contributed by atoms with Gasteiger partial charge in [0.05, 0.1) is 23.7 Å². The van der Waals surface area contributed by atoms with Gasteiger partial charge in [0.25, 0.3) is 0 Å². The summed E-state index contributed by atoms with van der Waals surface area (Å²) in [5.74, 6) is 0.693. The maximum Gasteiger partial charge on any atom is 0.238 e. The lowest BCUT2D eigenvalue weighted by Gasteiger charge is -2.17. The van der Waals surface area contributed by atoms with E-state index in [1.807, 2.05) is 49.2 Å². The van der Waals surface area contributed by atoms with Crippen LogP contribution in [0.1, 0.15) is 18.1 Å². The zero-order valence-corrected chi connectivity index (χ0v) is 15.0. The number of carbonyl (C=O) groups is 1. The zero-order chi connectivity index (χ0) is 18.2. The maximum absolute atomic E-state index is 12.1. The van der Waals surface area contributed by atoms with Crippen molar-refractivity contribution in [2.24, 2.45) is 0 Å². The van der Waals surface area contributed by atoms with Crippen LogP contribution in [0.15, 0.2) is 42.5 Å². The number of hydrogen-bond donors (Lipinski definition) is 1. The first kappa shape index (κ1) is 18.8. The van der Waals surface area contributed by atoms with Gasteiger partial charge in [-0.2, -0.15) is 5.26 Å². The Hall–Kier alpha value is -2.55. The van der Waals surface area contributed by atoms with E-state index in [2.05, 4.69) is 5.32 Å². The van der Waals surface area contributed by atoms with E-state index in [0.717, 1.165) is 11.3 Å². The van der Waals surface area contributed by atoms with Gasteiger partial charge < -0.3 is 10.1 Å².